The molecule has 0 spiro atoms. The number of ether oxygens (including phenoxy) is 2. The Kier molecular flexibility index (Phi) is 4.55. The molecule has 4 aromatic rings. The average Bonchev–Trinajstić information content (AvgIpc) is 3.08. The lowest BCUT2D eigenvalue weighted by atomic mass is 10.2. The van der Waals surface area contributed by atoms with E-state index in [0.29, 0.717) is 34.3 Å². The predicted molar refractivity (Wildman–Crippen MR) is 110 cm³/mol. The van der Waals surface area contributed by atoms with E-state index in [1.165, 1.54) is 12.3 Å². The van der Waals surface area contributed by atoms with Gasteiger partial charge >= 0.3 is 11.2 Å². The van der Waals surface area contributed by atoms with Crippen LogP contribution in [0.2, 0.25) is 0 Å². The van der Waals surface area contributed by atoms with Crippen molar-refractivity contribution in [3.8, 4) is 17.2 Å². The second-order valence-electron chi connectivity index (χ2n) is 6.24. The highest BCUT2D eigenvalue weighted by Gasteiger charge is 2.13. The number of nitrogens with one attached hydrogen (secondary N) is 2. The van der Waals surface area contributed by atoms with Crippen molar-refractivity contribution in [2.45, 2.75) is 6.92 Å². The van der Waals surface area contributed by atoms with Gasteiger partial charge in [0.2, 0.25) is 0 Å². The van der Waals surface area contributed by atoms with Crippen LogP contribution in [0, 0.1) is 0 Å². The van der Waals surface area contributed by atoms with Crippen molar-refractivity contribution in [1.82, 2.24) is 14.6 Å². The van der Waals surface area contributed by atoms with Crippen LogP contribution in [0.5, 0.6) is 17.2 Å². The van der Waals surface area contributed by atoms with E-state index in [2.05, 4.69) is 15.1 Å². The van der Waals surface area contributed by atoms with Gasteiger partial charge in [-0.2, -0.15) is 5.10 Å². The van der Waals surface area contributed by atoms with Gasteiger partial charge in [0, 0.05) is 11.5 Å². The molecule has 0 amide bonds. The van der Waals surface area contributed by atoms with E-state index in [-0.39, 0.29) is 17.0 Å². The number of H-pyrrole nitrogens is 2. The van der Waals surface area contributed by atoms with Gasteiger partial charge in [-0.3, -0.25) is 4.79 Å². The van der Waals surface area contributed by atoms with Crippen molar-refractivity contribution in [3.63, 3.8) is 0 Å². The van der Waals surface area contributed by atoms with E-state index in [4.69, 9.17) is 9.47 Å². The highest BCUT2D eigenvalue weighted by atomic mass is 16.5. The van der Waals surface area contributed by atoms with Crippen molar-refractivity contribution >= 4 is 28.2 Å². The van der Waals surface area contributed by atoms with E-state index in [1.54, 1.807) is 44.4 Å². The van der Waals surface area contributed by atoms with Gasteiger partial charge in [-0.25, -0.2) is 4.79 Å². The molecule has 0 unspecified atom stereocenters. The minimum absolute atomic E-state index is 0.00561. The van der Waals surface area contributed by atoms with Crippen LogP contribution in [0.15, 0.2) is 51.1 Å². The Hall–Kier alpha value is -4.01. The monoisotopic (exact) mass is 394 g/mol. The van der Waals surface area contributed by atoms with Gasteiger partial charge in [-0.15, -0.1) is 4.68 Å². The fraction of sp³-hybridized carbons (Fsp3) is 0.150. The van der Waals surface area contributed by atoms with Crippen molar-refractivity contribution < 1.29 is 14.6 Å². The number of hydrogen-bond acceptors (Lipinski definition) is 6. The van der Waals surface area contributed by atoms with Crippen LogP contribution in [-0.4, -0.2) is 39.7 Å². The summed E-state index contributed by atoms with van der Waals surface area (Å²) < 4.78 is 11.3. The molecular weight excluding hydrogens is 376 g/mol. The van der Waals surface area contributed by atoms with Gasteiger partial charge in [0.25, 0.3) is 0 Å². The van der Waals surface area contributed by atoms with Crippen LogP contribution in [0.1, 0.15) is 12.5 Å². The lowest BCUT2D eigenvalue weighted by Crippen LogP contribution is -2.32. The van der Waals surface area contributed by atoms with E-state index >= 15 is 0 Å². The SMILES string of the molecule is CCOc1cc(/C=N\n2c(=O)[nH]c3c([nH]c4cc(OC)ccc43)c2=O)ccc1O. The number of methoxy groups -OCH3 is 1. The maximum Gasteiger partial charge on any atom is 0.350 e. The summed E-state index contributed by atoms with van der Waals surface area (Å²) in [6.45, 7) is 2.18. The Morgan fingerprint density at radius 3 is 2.72 bits per heavy atom. The number of phenols is 1. The largest absolute Gasteiger partial charge is 0.504 e. The van der Waals surface area contributed by atoms with Gasteiger partial charge in [-0.05, 0) is 42.8 Å². The normalized spacial score (nSPS) is 11.5. The topological polar surface area (TPSA) is 122 Å². The molecule has 2 heterocycles. The molecule has 0 saturated carbocycles. The van der Waals surface area contributed by atoms with Gasteiger partial charge in [0.15, 0.2) is 11.5 Å². The molecule has 0 aliphatic carbocycles. The second kappa shape index (κ2) is 7.19. The minimum Gasteiger partial charge on any atom is -0.504 e. The van der Waals surface area contributed by atoms with Crippen LogP contribution in [0.4, 0.5) is 0 Å². The van der Waals surface area contributed by atoms with Gasteiger partial charge in [-0.1, -0.05) is 0 Å². The molecule has 9 heteroatoms. The molecular formula is C20H18N4O5. The van der Waals surface area contributed by atoms with Crippen molar-refractivity contribution in [2.75, 3.05) is 13.7 Å². The number of fused-ring (bicyclic) bond motifs is 3. The smallest absolute Gasteiger partial charge is 0.350 e. The summed E-state index contributed by atoms with van der Waals surface area (Å²) in [4.78, 5) is 31.0. The zero-order valence-corrected chi connectivity index (χ0v) is 15.7. The number of rotatable bonds is 5. The highest BCUT2D eigenvalue weighted by molar-refractivity contribution is 6.04. The summed E-state index contributed by atoms with van der Waals surface area (Å²) in [5.74, 6) is 0.911. The van der Waals surface area contributed by atoms with E-state index in [9.17, 15) is 14.7 Å². The lowest BCUT2D eigenvalue weighted by molar-refractivity contribution is 0.318. The van der Waals surface area contributed by atoms with E-state index in [1.807, 2.05) is 0 Å². The molecule has 0 saturated heterocycles. The number of phenolic OH excluding ortho intramolecular Hbond substituents is 1. The van der Waals surface area contributed by atoms with Crippen LogP contribution >= 0.6 is 0 Å². The Balaban J connectivity index is 1.81. The number of nitrogens with zero attached hydrogens (tertiary/aromatic N) is 2. The molecule has 0 bridgehead atoms. The summed E-state index contributed by atoms with van der Waals surface area (Å²) in [5.41, 5.74) is 0.601. The quantitative estimate of drug-likeness (QED) is 0.448. The first-order valence-corrected chi connectivity index (χ1v) is 8.86. The van der Waals surface area contributed by atoms with Crippen LogP contribution in [0.25, 0.3) is 21.9 Å². The first-order valence-electron chi connectivity index (χ1n) is 8.86. The summed E-state index contributed by atoms with van der Waals surface area (Å²) >= 11 is 0. The first-order chi connectivity index (χ1) is 14.0. The summed E-state index contributed by atoms with van der Waals surface area (Å²) in [5, 5.41) is 14.5. The second-order valence-corrected chi connectivity index (χ2v) is 6.24. The zero-order chi connectivity index (χ0) is 20.5. The number of aromatic nitrogens is 3. The molecule has 3 N–H and O–H groups in total. The van der Waals surface area contributed by atoms with Gasteiger partial charge in [0.05, 0.1) is 31.0 Å². The molecule has 0 fully saturated rings. The number of aromatic amines is 2. The van der Waals surface area contributed by atoms with Crippen LogP contribution in [-0.2, 0) is 0 Å². The molecule has 2 aromatic carbocycles. The number of aromatic hydroxyl groups is 1. The third kappa shape index (κ3) is 3.22. The fourth-order valence-electron chi connectivity index (χ4n) is 3.06. The maximum atomic E-state index is 12.8. The third-order valence-electron chi connectivity index (χ3n) is 4.44. The van der Waals surface area contributed by atoms with Crippen LogP contribution in [0.3, 0.4) is 0 Å². The molecule has 0 aliphatic rings. The molecule has 0 radical (unpaired) electrons. The van der Waals surface area contributed by atoms with Crippen molar-refractivity contribution in [1.29, 1.82) is 0 Å². The van der Waals surface area contributed by atoms with E-state index in [0.717, 1.165) is 4.68 Å². The molecule has 9 nitrogen and oxygen atoms in total. The molecule has 2 aromatic heterocycles. The van der Waals surface area contributed by atoms with Crippen LogP contribution < -0.4 is 20.7 Å². The van der Waals surface area contributed by atoms with Gasteiger partial charge in [0.1, 0.15) is 11.3 Å². The fourth-order valence-corrected chi connectivity index (χ4v) is 3.06. The summed E-state index contributed by atoms with van der Waals surface area (Å²) in [7, 11) is 1.55. The lowest BCUT2D eigenvalue weighted by Gasteiger charge is -2.06. The molecule has 0 atom stereocenters. The summed E-state index contributed by atoms with van der Waals surface area (Å²) in [6, 6.07) is 9.86. The Morgan fingerprint density at radius 2 is 1.97 bits per heavy atom. The summed E-state index contributed by atoms with van der Waals surface area (Å²) in [6.07, 6.45) is 1.34. The molecule has 29 heavy (non-hydrogen) atoms. The molecule has 4 rings (SSSR count). The molecule has 148 valence electrons. The van der Waals surface area contributed by atoms with Crippen molar-refractivity contribution in [3.05, 3.63) is 62.8 Å². The maximum absolute atomic E-state index is 12.8. The molecule has 0 aliphatic heterocycles. The predicted octanol–water partition coefficient (Wildman–Crippen LogP) is 2.17. The number of hydrogen-bond donors (Lipinski definition) is 3. The van der Waals surface area contributed by atoms with Crippen molar-refractivity contribution in [2.24, 2.45) is 5.10 Å². The van der Waals surface area contributed by atoms with E-state index < -0.39 is 11.2 Å². The first kappa shape index (κ1) is 18.4. The zero-order valence-electron chi connectivity index (χ0n) is 15.7. The third-order valence-corrected chi connectivity index (χ3v) is 4.44. The Morgan fingerprint density at radius 1 is 1.14 bits per heavy atom. The standard InChI is InChI=1S/C20H18N4O5/c1-3-29-16-8-11(4-7-15(16)25)10-21-24-19(26)18-17(23-20(24)27)13-6-5-12(28-2)9-14(13)22-18/h4-10,22,25H,3H2,1-2H3,(H,23,27)/b21-10-. The minimum atomic E-state index is -0.667. The Labute approximate surface area is 163 Å². The Bertz CT molecular complexity index is 1360. The average molecular weight is 394 g/mol. The number of benzene rings is 2. The highest BCUT2D eigenvalue weighted by Crippen LogP contribution is 2.26. The van der Waals surface area contributed by atoms with Gasteiger partial charge < -0.3 is 24.5 Å².